The van der Waals surface area contributed by atoms with Gasteiger partial charge in [0.05, 0.1) is 4.83 Å². The molecule has 3 nitrogen and oxygen atoms in total. The molecular weight excluding hydrogens is 330 g/mol. The molecule has 0 bridgehead atoms. The number of fused-ring (bicyclic) bond motifs is 1. The number of nitrogens with zero attached hydrogens (tertiary/aromatic N) is 1. The summed E-state index contributed by atoms with van der Waals surface area (Å²) in [5.41, 5.74) is 4.61. The summed E-state index contributed by atoms with van der Waals surface area (Å²) in [6, 6.07) is 8.39. The number of benzene rings is 1. The first-order valence-corrected chi connectivity index (χ1v) is 7.99. The standard InChI is InChI=1S/C17H18BrNO2/c1-10-8-14(11(2)21-10)17(18)13-4-6-15-12(9-13)5-7-16(20)19(15)3/h4,6,8-9,17H,5,7H2,1-3H3. The van der Waals surface area contributed by atoms with Gasteiger partial charge in [-0.2, -0.15) is 0 Å². The summed E-state index contributed by atoms with van der Waals surface area (Å²) in [6.07, 6.45) is 1.40. The molecule has 0 spiro atoms. The minimum atomic E-state index is 0.114. The Balaban J connectivity index is 1.97. The third-order valence-electron chi connectivity index (χ3n) is 4.09. The van der Waals surface area contributed by atoms with Crippen LogP contribution < -0.4 is 4.90 Å². The van der Waals surface area contributed by atoms with Gasteiger partial charge in [-0.05, 0) is 43.5 Å². The van der Waals surface area contributed by atoms with Crippen LogP contribution in [0.4, 0.5) is 5.69 Å². The van der Waals surface area contributed by atoms with Crippen LogP contribution in [0.3, 0.4) is 0 Å². The molecule has 0 aliphatic carbocycles. The van der Waals surface area contributed by atoms with E-state index in [2.05, 4.69) is 34.1 Å². The molecule has 1 unspecified atom stereocenters. The third kappa shape index (κ3) is 2.53. The zero-order chi connectivity index (χ0) is 15.1. The van der Waals surface area contributed by atoms with Gasteiger partial charge in [0, 0.05) is 24.7 Å². The molecular formula is C17H18BrNO2. The molecule has 3 rings (SSSR count). The van der Waals surface area contributed by atoms with E-state index in [4.69, 9.17) is 4.42 Å². The molecule has 1 aliphatic rings. The van der Waals surface area contributed by atoms with Gasteiger partial charge in [0.25, 0.3) is 0 Å². The lowest BCUT2D eigenvalue weighted by atomic mass is 9.96. The van der Waals surface area contributed by atoms with Gasteiger partial charge >= 0.3 is 0 Å². The summed E-state index contributed by atoms with van der Waals surface area (Å²) < 4.78 is 5.62. The van der Waals surface area contributed by atoms with Gasteiger partial charge in [0.15, 0.2) is 0 Å². The topological polar surface area (TPSA) is 33.5 Å². The van der Waals surface area contributed by atoms with Gasteiger partial charge in [-0.1, -0.05) is 28.1 Å². The molecule has 2 heterocycles. The molecule has 1 aromatic heterocycles. The summed E-state index contributed by atoms with van der Waals surface area (Å²) in [5.74, 6) is 2.06. The Morgan fingerprint density at radius 1 is 1.24 bits per heavy atom. The fourth-order valence-electron chi connectivity index (χ4n) is 2.92. The minimum absolute atomic E-state index is 0.114. The van der Waals surface area contributed by atoms with Crippen molar-refractivity contribution >= 4 is 27.5 Å². The molecule has 0 N–H and O–H groups in total. The van der Waals surface area contributed by atoms with Crippen molar-refractivity contribution in [3.05, 3.63) is 52.5 Å². The number of furan rings is 1. The quantitative estimate of drug-likeness (QED) is 0.759. The van der Waals surface area contributed by atoms with E-state index in [1.807, 2.05) is 27.0 Å². The number of carbonyl (C=O) groups excluding carboxylic acids is 1. The molecule has 0 fully saturated rings. The summed E-state index contributed by atoms with van der Waals surface area (Å²) >= 11 is 3.77. The lowest BCUT2D eigenvalue weighted by Crippen LogP contribution is -2.31. The fraction of sp³-hybridized carbons (Fsp3) is 0.353. The first kappa shape index (κ1) is 14.4. The number of amides is 1. The van der Waals surface area contributed by atoms with Crippen molar-refractivity contribution in [1.82, 2.24) is 0 Å². The SMILES string of the molecule is Cc1cc(C(Br)c2ccc3c(c2)CCC(=O)N3C)c(C)o1. The van der Waals surface area contributed by atoms with Gasteiger partial charge in [0.1, 0.15) is 11.5 Å². The van der Waals surface area contributed by atoms with Crippen LogP contribution in [0.2, 0.25) is 0 Å². The molecule has 0 saturated carbocycles. The Labute approximate surface area is 133 Å². The van der Waals surface area contributed by atoms with Gasteiger partial charge in [-0.3, -0.25) is 4.79 Å². The zero-order valence-electron chi connectivity index (χ0n) is 12.4. The van der Waals surface area contributed by atoms with Crippen LogP contribution in [0, 0.1) is 13.8 Å². The largest absolute Gasteiger partial charge is 0.466 e. The highest BCUT2D eigenvalue weighted by atomic mass is 79.9. The van der Waals surface area contributed by atoms with Crippen molar-refractivity contribution in [2.24, 2.45) is 0 Å². The Bertz CT molecular complexity index is 705. The normalized spacial score (nSPS) is 16.0. The van der Waals surface area contributed by atoms with Crippen LogP contribution in [0.15, 0.2) is 28.7 Å². The second-order valence-corrected chi connectivity index (χ2v) is 6.49. The third-order valence-corrected chi connectivity index (χ3v) is 5.11. The van der Waals surface area contributed by atoms with Crippen LogP contribution in [-0.2, 0) is 11.2 Å². The predicted octanol–water partition coefficient (Wildman–Crippen LogP) is 4.29. The highest BCUT2D eigenvalue weighted by Gasteiger charge is 2.23. The molecule has 1 aliphatic heterocycles. The summed E-state index contributed by atoms with van der Waals surface area (Å²) in [5, 5.41) is 0. The van der Waals surface area contributed by atoms with E-state index < -0.39 is 0 Å². The van der Waals surface area contributed by atoms with Crippen LogP contribution in [0.1, 0.15) is 39.5 Å². The van der Waals surface area contributed by atoms with E-state index >= 15 is 0 Å². The van der Waals surface area contributed by atoms with Gasteiger partial charge in [-0.25, -0.2) is 0 Å². The average molecular weight is 348 g/mol. The van der Waals surface area contributed by atoms with Gasteiger partial charge in [0.2, 0.25) is 5.91 Å². The molecule has 110 valence electrons. The van der Waals surface area contributed by atoms with Crippen molar-refractivity contribution in [1.29, 1.82) is 0 Å². The Kier molecular flexibility index (Phi) is 3.66. The Morgan fingerprint density at radius 3 is 2.67 bits per heavy atom. The van der Waals surface area contributed by atoms with Gasteiger partial charge in [-0.15, -0.1) is 0 Å². The van der Waals surface area contributed by atoms with E-state index in [0.29, 0.717) is 6.42 Å². The number of carbonyl (C=O) groups is 1. The van der Waals surface area contributed by atoms with Crippen molar-refractivity contribution in [2.75, 3.05) is 11.9 Å². The lowest BCUT2D eigenvalue weighted by molar-refractivity contribution is -0.118. The second-order valence-electron chi connectivity index (χ2n) is 5.57. The first-order chi connectivity index (χ1) is 9.97. The summed E-state index contributed by atoms with van der Waals surface area (Å²) in [7, 11) is 1.84. The first-order valence-electron chi connectivity index (χ1n) is 7.07. The van der Waals surface area contributed by atoms with Crippen LogP contribution in [0.5, 0.6) is 0 Å². The number of alkyl halides is 1. The molecule has 1 aromatic carbocycles. The molecule has 2 aromatic rings. The van der Waals surface area contributed by atoms with E-state index in [0.717, 1.165) is 29.2 Å². The average Bonchev–Trinajstić information content (AvgIpc) is 2.80. The number of aryl methyl sites for hydroxylation is 3. The molecule has 1 atom stereocenters. The Hall–Kier alpha value is -1.55. The van der Waals surface area contributed by atoms with E-state index in [-0.39, 0.29) is 10.7 Å². The molecule has 4 heteroatoms. The number of hydrogen-bond donors (Lipinski definition) is 0. The van der Waals surface area contributed by atoms with Crippen LogP contribution in [-0.4, -0.2) is 13.0 Å². The maximum Gasteiger partial charge on any atom is 0.227 e. The molecule has 1 amide bonds. The number of hydrogen-bond acceptors (Lipinski definition) is 2. The van der Waals surface area contributed by atoms with E-state index in [1.54, 1.807) is 4.90 Å². The minimum Gasteiger partial charge on any atom is -0.466 e. The van der Waals surface area contributed by atoms with E-state index in [1.165, 1.54) is 11.1 Å². The number of rotatable bonds is 2. The monoisotopic (exact) mass is 347 g/mol. The second kappa shape index (κ2) is 5.34. The lowest BCUT2D eigenvalue weighted by Gasteiger charge is -2.26. The summed E-state index contributed by atoms with van der Waals surface area (Å²) in [4.78, 5) is 13.6. The maximum absolute atomic E-state index is 11.7. The maximum atomic E-state index is 11.7. The predicted molar refractivity (Wildman–Crippen MR) is 87.1 cm³/mol. The molecule has 0 radical (unpaired) electrons. The smallest absolute Gasteiger partial charge is 0.227 e. The van der Waals surface area contributed by atoms with Crippen molar-refractivity contribution in [3.63, 3.8) is 0 Å². The fourth-order valence-corrected chi connectivity index (χ4v) is 3.66. The highest BCUT2D eigenvalue weighted by Crippen LogP contribution is 2.37. The van der Waals surface area contributed by atoms with Gasteiger partial charge < -0.3 is 9.32 Å². The highest BCUT2D eigenvalue weighted by molar-refractivity contribution is 9.09. The summed E-state index contributed by atoms with van der Waals surface area (Å²) in [6.45, 7) is 3.95. The number of anilines is 1. The van der Waals surface area contributed by atoms with Crippen molar-refractivity contribution in [2.45, 2.75) is 31.5 Å². The van der Waals surface area contributed by atoms with E-state index in [9.17, 15) is 4.79 Å². The van der Waals surface area contributed by atoms with Crippen LogP contribution >= 0.6 is 15.9 Å². The van der Waals surface area contributed by atoms with Crippen molar-refractivity contribution in [3.8, 4) is 0 Å². The Morgan fingerprint density at radius 2 is 2.00 bits per heavy atom. The van der Waals surface area contributed by atoms with Crippen molar-refractivity contribution < 1.29 is 9.21 Å². The van der Waals surface area contributed by atoms with Crippen LogP contribution in [0.25, 0.3) is 0 Å². The molecule has 21 heavy (non-hydrogen) atoms. The molecule has 0 saturated heterocycles. The zero-order valence-corrected chi connectivity index (χ0v) is 14.0. The number of halogens is 1.